The molecule has 0 aliphatic heterocycles. The highest BCUT2D eigenvalue weighted by atomic mass is 16.3. The fourth-order valence-corrected chi connectivity index (χ4v) is 2.85. The van der Waals surface area contributed by atoms with Gasteiger partial charge in [0.2, 0.25) is 0 Å². The van der Waals surface area contributed by atoms with E-state index in [0.29, 0.717) is 12.6 Å². The Morgan fingerprint density at radius 3 is 2.89 bits per heavy atom. The third-order valence-electron chi connectivity index (χ3n) is 3.87. The second-order valence-electron chi connectivity index (χ2n) is 5.63. The molecule has 0 amide bonds. The van der Waals surface area contributed by atoms with Crippen LogP contribution in [0.1, 0.15) is 44.8 Å². The van der Waals surface area contributed by atoms with Crippen LogP contribution < -0.4 is 5.32 Å². The second-order valence-corrected chi connectivity index (χ2v) is 5.63. The molecule has 0 radical (unpaired) electrons. The number of aliphatic hydroxyl groups is 1. The summed E-state index contributed by atoms with van der Waals surface area (Å²) in [4.78, 5) is 0. The molecule has 3 heteroatoms. The number of nitrogens with one attached hydrogen (secondary N) is 1. The van der Waals surface area contributed by atoms with Gasteiger partial charge in [0.15, 0.2) is 0 Å². The largest absolute Gasteiger partial charge is 0.469 e. The summed E-state index contributed by atoms with van der Waals surface area (Å²) in [7, 11) is 0. The van der Waals surface area contributed by atoms with Gasteiger partial charge in [-0.15, -0.1) is 0 Å². The Hall–Kier alpha value is -0.800. The zero-order chi connectivity index (χ0) is 12.8. The molecule has 0 saturated heterocycles. The summed E-state index contributed by atoms with van der Waals surface area (Å²) in [6, 6.07) is 4.25. The minimum absolute atomic E-state index is 0.202. The van der Waals surface area contributed by atoms with Crippen LogP contribution in [0.5, 0.6) is 0 Å². The lowest BCUT2D eigenvalue weighted by atomic mass is 10.00. The Labute approximate surface area is 110 Å². The van der Waals surface area contributed by atoms with Crippen molar-refractivity contribution in [2.75, 3.05) is 6.54 Å². The quantitative estimate of drug-likeness (QED) is 0.783. The molecule has 102 valence electrons. The fourth-order valence-electron chi connectivity index (χ4n) is 2.85. The topological polar surface area (TPSA) is 45.4 Å². The normalized spacial score (nSPS) is 20.1. The molecule has 2 atom stereocenters. The summed E-state index contributed by atoms with van der Waals surface area (Å²) in [6.07, 6.45) is 8.64. The molecule has 3 nitrogen and oxygen atoms in total. The van der Waals surface area contributed by atoms with Gasteiger partial charge in [-0.1, -0.05) is 25.7 Å². The van der Waals surface area contributed by atoms with Crippen LogP contribution >= 0.6 is 0 Å². The summed E-state index contributed by atoms with van der Waals surface area (Å²) in [5.41, 5.74) is 0. The van der Waals surface area contributed by atoms with Gasteiger partial charge in [0.1, 0.15) is 5.76 Å². The first-order chi connectivity index (χ1) is 8.74. The van der Waals surface area contributed by atoms with Crippen LogP contribution in [-0.2, 0) is 6.42 Å². The van der Waals surface area contributed by atoms with Gasteiger partial charge in [-0.05, 0) is 31.4 Å². The Morgan fingerprint density at radius 2 is 2.22 bits per heavy atom. The molecule has 1 aliphatic rings. The minimum atomic E-state index is -0.202. The van der Waals surface area contributed by atoms with Gasteiger partial charge in [0.05, 0.1) is 12.4 Å². The van der Waals surface area contributed by atoms with E-state index in [0.717, 1.165) is 24.5 Å². The molecule has 2 rings (SSSR count). The molecule has 2 N–H and O–H groups in total. The van der Waals surface area contributed by atoms with Crippen molar-refractivity contribution >= 4 is 0 Å². The lowest BCUT2D eigenvalue weighted by molar-refractivity contribution is 0.137. The average molecular weight is 251 g/mol. The Morgan fingerprint density at radius 1 is 1.44 bits per heavy atom. The van der Waals surface area contributed by atoms with E-state index in [-0.39, 0.29) is 6.10 Å². The van der Waals surface area contributed by atoms with Crippen molar-refractivity contribution in [3.63, 3.8) is 0 Å². The van der Waals surface area contributed by atoms with Gasteiger partial charge in [-0.25, -0.2) is 0 Å². The van der Waals surface area contributed by atoms with Gasteiger partial charge in [0.25, 0.3) is 0 Å². The molecule has 1 aromatic rings. The first-order valence-electron chi connectivity index (χ1n) is 7.18. The van der Waals surface area contributed by atoms with E-state index in [1.54, 1.807) is 6.26 Å². The predicted octanol–water partition coefficient (Wildman–Crippen LogP) is 2.74. The molecule has 2 unspecified atom stereocenters. The van der Waals surface area contributed by atoms with E-state index in [1.807, 2.05) is 12.1 Å². The summed E-state index contributed by atoms with van der Waals surface area (Å²) in [5, 5.41) is 13.4. The first kappa shape index (κ1) is 13.6. The fraction of sp³-hybridized carbons (Fsp3) is 0.733. The van der Waals surface area contributed by atoms with Crippen molar-refractivity contribution in [3.05, 3.63) is 24.2 Å². The predicted molar refractivity (Wildman–Crippen MR) is 72.5 cm³/mol. The van der Waals surface area contributed by atoms with Gasteiger partial charge in [0, 0.05) is 19.0 Å². The van der Waals surface area contributed by atoms with Crippen LogP contribution in [0.15, 0.2) is 22.8 Å². The third-order valence-corrected chi connectivity index (χ3v) is 3.87. The molecule has 1 aliphatic carbocycles. The van der Waals surface area contributed by atoms with E-state index in [1.165, 1.54) is 25.7 Å². The van der Waals surface area contributed by atoms with Crippen molar-refractivity contribution < 1.29 is 9.52 Å². The van der Waals surface area contributed by atoms with E-state index in [4.69, 9.17) is 4.42 Å². The molecule has 1 fully saturated rings. The number of hydrogen-bond acceptors (Lipinski definition) is 3. The second kappa shape index (κ2) is 6.95. The standard InChI is InChI=1S/C15H25NO2/c1-12(9-15-7-4-8-18-15)16-11-14(17)10-13-5-2-3-6-13/h4,7-8,12-14,16-17H,2-3,5-6,9-11H2,1H3. The third kappa shape index (κ3) is 4.46. The number of aliphatic hydroxyl groups excluding tert-OH is 1. The maximum absolute atomic E-state index is 10.00. The summed E-state index contributed by atoms with van der Waals surface area (Å²) < 4.78 is 5.32. The molecular weight excluding hydrogens is 226 g/mol. The highest BCUT2D eigenvalue weighted by Gasteiger charge is 2.19. The van der Waals surface area contributed by atoms with E-state index in [2.05, 4.69) is 12.2 Å². The zero-order valence-corrected chi connectivity index (χ0v) is 11.3. The monoisotopic (exact) mass is 251 g/mol. The van der Waals surface area contributed by atoms with Crippen LogP contribution in [-0.4, -0.2) is 23.8 Å². The molecule has 0 spiro atoms. The molecule has 1 saturated carbocycles. The average Bonchev–Trinajstić information content (AvgIpc) is 2.99. The number of hydrogen-bond donors (Lipinski definition) is 2. The Kier molecular flexibility index (Phi) is 5.26. The summed E-state index contributed by atoms with van der Waals surface area (Å²) in [5.74, 6) is 1.75. The van der Waals surface area contributed by atoms with Crippen LogP contribution in [0.4, 0.5) is 0 Å². The highest BCUT2D eigenvalue weighted by molar-refractivity contribution is 4.99. The highest BCUT2D eigenvalue weighted by Crippen LogP contribution is 2.28. The van der Waals surface area contributed by atoms with E-state index >= 15 is 0 Å². The first-order valence-corrected chi connectivity index (χ1v) is 7.18. The zero-order valence-electron chi connectivity index (χ0n) is 11.3. The smallest absolute Gasteiger partial charge is 0.105 e. The van der Waals surface area contributed by atoms with Crippen molar-refractivity contribution in [1.29, 1.82) is 0 Å². The number of furan rings is 1. The molecular formula is C15H25NO2. The van der Waals surface area contributed by atoms with Crippen molar-refractivity contribution in [3.8, 4) is 0 Å². The van der Waals surface area contributed by atoms with Crippen molar-refractivity contribution in [2.24, 2.45) is 5.92 Å². The summed E-state index contributed by atoms with van der Waals surface area (Å²) in [6.45, 7) is 2.82. The SMILES string of the molecule is CC(Cc1ccco1)NCC(O)CC1CCCC1. The van der Waals surface area contributed by atoms with Crippen molar-refractivity contribution in [2.45, 2.75) is 57.6 Å². The Bertz CT molecular complexity index is 317. The van der Waals surface area contributed by atoms with Crippen molar-refractivity contribution in [1.82, 2.24) is 5.32 Å². The summed E-state index contributed by atoms with van der Waals surface area (Å²) >= 11 is 0. The van der Waals surface area contributed by atoms with Gasteiger partial charge < -0.3 is 14.8 Å². The van der Waals surface area contributed by atoms with Crippen LogP contribution in [0.25, 0.3) is 0 Å². The lowest BCUT2D eigenvalue weighted by Crippen LogP contribution is -2.35. The maximum Gasteiger partial charge on any atom is 0.105 e. The molecule has 0 aromatic carbocycles. The van der Waals surface area contributed by atoms with Gasteiger partial charge >= 0.3 is 0 Å². The molecule has 0 bridgehead atoms. The van der Waals surface area contributed by atoms with Crippen LogP contribution in [0.2, 0.25) is 0 Å². The van der Waals surface area contributed by atoms with E-state index in [9.17, 15) is 5.11 Å². The molecule has 18 heavy (non-hydrogen) atoms. The van der Waals surface area contributed by atoms with Gasteiger partial charge in [-0.3, -0.25) is 0 Å². The molecule has 1 heterocycles. The molecule has 1 aromatic heterocycles. The lowest BCUT2D eigenvalue weighted by Gasteiger charge is -2.18. The minimum Gasteiger partial charge on any atom is -0.469 e. The Balaban J connectivity index is 1.61. The van der Waals surface area contributed by atoms with Crippen LogP contribution in [0.3, 0.4) is 0 Å². The maximum atomic E-state index is 10.00. The van der Waals surface area contributed by atoms with E-state index < -0.39 is 0 Å². The number of rotatable bonds is 7. The van der Waals surface area contributed by atoms with Gasteiger partial charge in [-0.2, -0.15) is 0 Å². The van der Waals surface area contributed by atoms with Crippen LogP contribution in [0, 0.1) is 5.92 Å².